The molecule has 7 heteroatoms. The van der Waals surface area contributed by atoms with Crippen molar-refractivity contribution in [3.05, 3.63) is 58.5 Å². The van der Waals surface area contributed by atoms with Gasteiger partial charge in [-0.3, -0.25) is 4.79 Å². The van der Waals surface area contributed by atoms with Gasteiger partial charge in [-0.15, -0.1) is 15.3 Å². The van der Waals surface area contributed by atoms with Crippen LogP contribution in [0.5, 0.6) is 0 Å². The van der Waals surface area contributed by atoms with Crippen molar-refractivity contribution < 1.29 is 4.79 Å². The summed E-state index contributed by atoms with van der Waals surface area (Å²) in [4.78, 5) is 17.1. The second-order valence-electron chi connectivity index (χ2n) is 6.47. The van der Waals surface area contributed by atoms with Crippen molar-refractivity contribution in [1.29, 1.82) is 0 Å². The molecule has 26 heavy (non-hydrogen) atoms. The summed E-state index contributed by atoms with van der Waals surface area (Å²) in [5, 5.41) is 16.6. The van der Waals surface area contributed by atoms with Crippen molar-refractivity contribution in [3.8, 4) is 0 Å². The van der Waals surface area contributed by atoms with E-state index >= 15 is 0 Å². The van der Waals surface area contributed by atoms with Gasteiger partial charge in [0.25, 0.3) is 5.91 Å². The fraction of sp³-hybridized carbons (Fsp3) is 0.211. The number of carbonyl (C=O) groups is 1. The van der Waals surface area contributed by atoms with Gasteiger partial charge in [0.05, 0.1) is 11.1 Å². The van der Waals surface area contributed by atoms with E-state index in [4.69, 9.17) is 0 Å². The molecule has 0 radical (unpaired) electrons. The van der Waals surface area contributed by atoms with Crippen LogP contribution in [0, 0.1) is 27.7 Å². The molecule has 1 N–H and O–H groups in total. The second kappa shape index (κ2) is 5.87. The van der Waals surface area contributed by atoms with Gasteiger partial charge in [0, 0.05) is 11.4 Å². The van der Waals surface area contributed by atoms with E-state index in [1.807, 2.05) is 51.1 Å². The minimum Gasteiger partial charge on any atom is -0.321 e. The van der Waals surface area contributed by atoms with Crippen molar-refractivity contribution >= 4 is 28.3 Å². The van der Waals surface area contributed by atoms with E-state index in [1.165, 1.54) is 0 Å². The molecule has 0 saturated heterocycles. The Labute approximate surface area is 150 Å². The van der Waals surface area contributed by atoms with Gasteiger partial charge < -0.3 is 5.32 Å². The standard InChI is InChI=1S/C19H18N6O/c1-10-5-7-14(8-6-10)21-19(26)16-13(4)25-18(23-22-16)15-11(2)9-12(3)20-17(15)24-25/h5-9H,1-4H3,(H,21,26). The average molecular weight is 346 g/mol. The van der Waals surface area contributed by atoms with E-state index in [0.717, 1.165) is 22.2 Å². The average Bonchev–Trinajstić information content (AvgIpc) is 2.96. The molecule has 0 aliphatic carbocycles. The predicted molar refractivity (Wildman–Crippen MR) is 99.4 cm³/mol. The number of pyridine rings is 1. The highest BCUT2D eigenvalue weighted by molar-refractivity contribution is 6.04. The summed E-state index contributed by atoms with van der Waals surface area (Å²) in [6.07, 6.45) is 0. The first-order valence-electron chi connectivity index (χ1n) is 8.32. The van der Waals surface area contributed by atoms with Crippen molar-refractivity contribution in [2.24, 2.45) is 0 Å². The molecule has 0 bridgehead atoms. The maximum Gasteiger partial charge on any atom is 0.278 e. The lowest BCUT2D eigenvalue weighted by atomic mass is 10.2. The summed E-state index contributed by atoms with van der Waals surface area (Å²) in [6.45, 7) is 7.72. The fourth-order valence-electron chi connectivity index (χ4n) is 3.05. The Morgan fingerprint density at radius 1 is 1.04 bits per heavy atom. The lowest BCUT2D eigenvalue weighted by Gasteiger charge is -2.07. The van der Waals surface area contributed by atoms with Crippen LogP contribution in [-0.4, -0.2) is 30.7 Å². The van der Waals surface area contributed by atoms with Gasteiger partial charge in [0.2, 0.25) is 0 Å². The molecule has 0 atom stereocenters. The van der Waals surface area contributed by atoms with E-state index < -0.39 is 0 Å². The van der Waals surface area contributed by atoms with Crippen LogP contribution in [0.3, 0.4) is 0 Å². The van der Waals surface area contributed by atoms with Crippen molar-refractivity contribution in [1.82, 2.24) is 24.8 Å². The lowest BCUT2D eigenvalue weighted by molar-refractivity contribution is 0.102. The quantitative estimate of drug-likeness (QED) is 0.602. The van der Waals surface area contributed by atoms with Gasteiger partial charge in [-0.05, 0) is 51.5 Å². The lowest BCUT2D eigenvalue weighted by Crippen LogP contribution is -2.18. The van der Waals surface area contributed by atoms with Crippen LogP contribution in [0.15, 0.2) is 30.3 Å². The summed E-state index contributed by atoms with van der Waals surface area (Å²) < 4.78 is 1.64. The number of rotatable bonds is 2. The molecule has 3 aromatic heterocycles. The number of fused-ring (bicyclic) bond motifs is 3. The number of anilines is 1. The SMILES string of the molecule is Cc1ccc(NC(=O)c2nnc3c4c(C)cc(C)nc4nn3c2C)cc1. The smallest absolute Gasteiger partial charge is 0.278 e. The molecule has 7 nitrogen and oxygen atoms in total. The van der Waals surface area contributed by atoms with Crippen LogP contribution in [0.25, 0.3) is 16.7 Å². The van der Waals surface area contributed by atoms with Gasteiger partial charge in [-0.2, -0.15) is 0 Å². The van der Waals surface area contributed by atoms with E-state index in [-0.39, 0.29) is 11.6 Å². The highest BCUT2D eigenvalue weighted by atomic mass is 16.2. The summed E-state index contributed by atoms with van der Waals surface area (Å²) >= 11 is 0. The number of benzene rings is 1. The van der Waals surface area contributed by atoms with Crippen LogP contribution in [0.4, 0.5) is 5.69 Å². The molecular weight excluding hydrogens is 328 g/mol. The maximum absolute atomic E-state index is 12.6. The Kier molecular flexibility index (Phi) is 3.64. The molecule has 130 valence electrons. The number of carbonyl (C=O) groups excluding carboxylic acids is 1. The number of hydrogen-bond acceptors (Lipinski definition) is 5. The largest absolute Gasteiger partial charge is 0.321 e. The van der Waals surface area contributed by atoms with Crippen LogP contribution < -0.4 is 5.32 Å². The number of nitrogens with one attached hydrogen (secondary N) is 1. The van der Waals surface area contributed by atoms with Crippen molar-refractivity contribution in [2.75, 3.05) is 5.32 Å². The zero-order chi connectivity index (χ0) is 18.4. The van der Waals surface area contributed by atoms with E-state index in [0.29, 0.717) is 22.7 Å². The van der Waals surface area contributed by atoms with Gasteiger partial charge in [-0.25, -0.2) is 9.50 Å². The first kappa shape index (κ1) is 16.1. The molecule has 4 rings (SSSR count). The first-order valence-corrected chi connectivity index (χ1v) is 8.32. The van der Waals surface area contributed by atoms with E-state index in [1.54, 1.807) is 11.4 Å². The topological polar surface area (TPSA) is 85.1 Å². The third-order valence-electron chi connectivity index (χ3n) is 4.37. The van der Waals surface area contributed by atoms with E-state index in [2.05, 4.69) is 25.6 Å². The number of aromatic nitrogens is 5. The molecule has 0 aliphatic rings. The molecule has 1 amide bonds. The Morgan fingerprint density at radius 3 is 2.50 bits per heavy atom. The molecule has 1 aromatic carbocycles. The normalized spacial score (nSPS) is 11.2. The molecular formula is C19H18N6O. The van der Waals surface area contributed by atoms with E-state index in [9.17, 15) is 4.79 Å². The van der Waals surface area contributed by atoms with Crippen molar-refractivity contribution in [3.63, 3.8) is 0 Å². The number of aryl methyl sites for hydroxylation is 4. The van der Waals surface area contributed by atoms with Gasteiger partial charge in [0.15, 0.2) is 17.0 Å². The summed E-state index contributed by atoms with van der Waals surface area (Å²) in [5.41, 5.74) is 5.83. The van der Waals surface area contributed by atoms with Crippen LogP contribution in [0.1, 0.15) is 33.0 Å². The number of nitrogens with zero attached hydrogens (tertiary/aromatic N) is 5. The molecule has 3 heterocycles. The molecule has 0 unspecified atom stereocenters. The third kappa shape index (κ3) is 2.57. The highest BCUT2D eigenvalue weighted by Gasteiger charge is 2.19. The molecule has 0 spiro atoms. The molecule has 0 fully saturated rings. The van der Waals surface area contributed by atoms with Crippen LogP contribution in [0.2, 0.25) is 0 Å². The zero-order valence-electron chi connectivity index (χ0n) is 15.0. The first-order chi connectivity index (χ1) is 12.4. The van der Waals surface area contributed by atoms with Gasteiger partial charge in [-0.1, -0.05) is 17.7 Å². The zero-order valence-corrected chi connectivity index (χ0v) is 15.0. The second-order valence-corrected chi connectivity index (χ2v) is 6.47. The minimum absolute atomic E-state index is 0.236. The number of hydrogen-bond donors (Lipinski definition) is 1. The monoisotopic (exact) mass is 346 g/mol. The molecule has 0 saturated carbocycles. The minimum atomic E-state index is -0.318. The summed E-state index contributed by atoms with van der Waals surface area (Å²) in [7, 11) is 0. The summed E-state index contributed by atoms with van der Waals surface area (Å²) in [5.74, 6) is -0.318. The molecule has 4 aromatic rings. The Hall–Kier alpha value is -3.35. The Bertz CT molecular complexity index is 1160. The van der Waals surface area contributed by atoms with Gasteiger partial charge >= 0.3 is 0 Å². The Morgan fingerprint density at radius 2 is 1.77 bits per heavy atom. The predicted octanol–water partition coefficient (Wildman–Crippen LogP) is 3.16. The fourth-order valence-corrected chi connectivity index (χ4v) is 3.05. The van der Waals surface area contributed by atoms with Crippen LogP contribution >= 0.6 is 0 Å². The Balaban J connectivity index is 1.80. The van der Waals surface area contributed by atoms with Crippen molar-refractivity contribution in [2.45, 2.75) is 27.7 Å². The number of amides is 1. The maximum atomic E-state index is 12.6. The highest BCUT2D eigenvalue weighted by Crippen LogP contribution is 2.22. The summed E-state index contributed by atoms with van der Waals surface area (Å²) in [6, 6.07) is 9.57. The van der Waals surface area contributed by atoms with Crippen LogP contribution in [-0.2, 0) is 0 Å². The molecule has 0 aliphatic heterocycles. The third-order valence-corrected chi connectivity index (χ3v) is 4.37. The van der Waals surface area contributed by atoms with Gasteiger partial charge in [0.1, 0.15) is 0 Å².